The SMILES string of the molecule is COc1ccc(Cl)c2c1N(CCC(=O)c1ccc(F)cc1)C(=O)C2=O. The Morgan fingerprint density at radius 2 is 1.84 bits per heavy atom. The topological polar surface area (TPSA) is 63.7 Å². The standard InChI is InChI=1S/C18H13ClFNO4/c1-25-14-7-6-12(19)15-16(14)21(18(24)17(15)23)9-8-13(22)10-2-4-11(20)5-3-10/h2-7H,8-9H2,1H3. The molecule has 0 radical (unpaired) electrons. The van der Waals surface area contributed by atoms with Crippen LogP contribution in [0.3, 0.4) is 0 Å². The molecule has 0 aliphatic carbocycles. The van der Waals surface area contributed by atoms with Gasteiger partial charge in [-0.25, -0.2) is 4.39 Å². The van der Waals surface area contributed by atoms with Gasteiger partial charge in [0.1, 0.15) is 11.6 Å². The number of methoxy groups -OCH3 is 1. The van der Waals surface area contributed by atoms with E-state index >= 15 is 0 Å². The summed E-state index contributed by atoms with van der Waals surface area (Å²) in [7, 11) is 1.42. The zero-order valence-corrected chi connectivity index (χ0v) is 14.0. The predicted octanol–water partition coefficient (Wildman–Crippen LogP) is 3.29. The van der Waals surface area contributed by atoms with Crippen LogP contribution in [0.5, 0.6) is 5.75 Å². The molecule has 2 aromatic carbocycles. The summed E-state index contributed by atoms with van der Waals surface area (Å²) in [6.07, 6.45) is -0.0280. The molecule has 1 amide bonds. The minimum atomic E-state index is -0.756. The fourth-order valence-corrected chi connectivity index (χ4v) is 2.97. The number of ether oxygens (including phenoxy) is 1. The molecule has 0 saturated heterocycles. The second-order valence-electron chi connectivity index (χ2n) is 5.44. The Balaban J connectivity index is 1.86. The minimum absolute atomic E-state index is 0.00944. The smallest absolute Gasteiger partial charge is 0.299 e. The van der Waals surface area contributed by atoms with Crippen LogP contribution in [0.4, 0.5) is 10.1 Å². The van der Waals surface area contributed by atoms with Crippen LogP contribution in [0.2, 0.25) is 5.02 Å². The van der Waals surface area contributed by atoms with Gasteiger partial charge in [0.2, 0.25) is 0 Å². The fraction of sp³-hybridized carbons (Fsp3) is 0.167. The number of carbonyl (C=O) groups is 3. The lowest BCUT2D eigenvalue weighted by atomic mass is 10.1. The molecule has 25 heavy (non-hydrogen) atoms. The molecule has 0 fully saturated rings. The number of nitrogens with zero attached hydrogens (tertiary/aromatic N) is 1. The Bertz CT molecular complexity index is 879. The van der Waals surface area contributed by atoms with Gasteiger partial charge in [-0.05, 0) is 36.4 Å². The third kappa shape index (κ3) is 3.00. The summed E-state index contributed by atoms with van der Waals surface area (Å²) in [6.45, 7) is -0.00944. The Morgan fingerprint density at radius 1 is 1.16 bits per heavy atom. The van der Waals surface area contributed by atoms with Crippen molar-refractivity contribution in [2.24, 2.45) is 0 Å². The molecule has 0 atom stereocenters. The highest BCUT2D eigenvalue weighted by atomic mass is 35.5. The van der Waals surface area contributed by atoms with E-state index in [2.05, 4.69) is 0 Å². The zero-order valence-electron chi connectivity index (χ0n) is 13.2. The molecule has 1 aliphatic heterocycles. The monoisotopic (exact) mass is 361 g/mol. The van der Waals surface area contributed by atoms with Gasteiger partial charge in [0.25, 0.3) is 11.7 Å². The van der Waals surface area contributed by atoms with Gasteiger partial charge in [0, 0.05) is 18.5 Å². The molecule has 0 N–H and O–H groups in total. The van der Waals surface area contributed by atoms with Crippen molar-refractivity contribution in [3.8, 4) is 5.75 Å². The molecule has 3 rings (SSSR count). The first-order chi connectivity index (χ1) is 11.9. The number of Topliss-reactive ketones (excluding diaryl/α,β-unsaturated/α-hetero) is 2. The van der Waals surface area contributed by atoms with Crippen LogP contribution in [-0.2, 0) is 4.79 Å². The van der Waals surface area contributed by atoms with Crippen LogP contribution in [0.25, 0.3) is 0 Å². The number of fused-ring (bicyclic) bond motifs is 1. The van der Waals surface area contributed by atoms with Crippen LogP contribution in [-0.4, -0.2) is 31.1 Å². The first kappa shape index (κ1) is 17.1. The van der Waals surface area contributed by atoms with Crippen LogP contribution < -0.4 is 9.64 Å². The van der Waals surface area contributed by atoms with E-state index in [-0.39, 0.29) is 35.0 Å². The molecular weight excluding hydrogens is 349 g/mol. The number of anilines is 1. The zero-order chi connectivity index (χ0) is 18.1. The summed E-state index contributed by atoms with van der Waals surface area (Å²) in [5, 5.41) is 0.154. The maximum atomic E-state index is 12.9. The molecule has 0 unspecified atom stereocenters. The van der Waals surface area contributed by atoms with Crippen LogP contribution in [0.15, 0.2) is 36.4 Å². The molecule has 5 nitrogen and oxygen atoms in total. The molecule has 0 bridgehead atoms. The van der Waals surface area contributed by atoms with Gasteiger partial charge in [0.05, 0.1) is 23.4 Å². The number of hydrogen-bond acceptors (Lipinski definition) is 4. The van der Waals surface area contributed by atoms with Crippen LogP contribution in [0.1, 0.15) is 27.1 Å². The van der Waals surface area contributed by atoms with E-state index in [0.29, 0.717) is 11.3 Å². The van der Waals surface area contributed by atoms with E-state index < -0.39 is 17.5 Å². The molecule has 2 aromatic rings. The van der Waals surface area contributed by atoms with E-state index in [4.69, 9.17) is 16.3 Å². The Morgan fingerprint density at radius 3 is 2.48 bits per heavy atom. The summed E-state index contributed by atoms with van der Waals surface area (Å²) in [5.41, 5.74) is 0.690. The second-order valence-corrected chi connectivity index (χ2v) is 5.85. The Hall–Kier alpha value is -2.73. The summed E-state index contributed by atoms with van der Waals surface area (Å²) in [4.78, 5) is 37.9. The Labute approximate surface area is 147 Å². The summed E-state index contributed by atoms with van der Waals surface area (Å²) in [5.74, 6) is -1.87. The van der Waals surface area contributed by atoms with E-state index in [1.807, 2.05) is 0 Å². The van der Waals surface area contributed by atoms with E-state index in [0.717, 1.165) is 0 Å². The number of rotatable bonds is 5. The summed E-state index contributed by atoms with van der Waals surface area (Å²) < 4.78 is 18.1. The molecule has 0 aromatic heterocycles. The average Bonchev–Trinajstić information content (AvgIpc) is 2.86. The summed E-state index contributed by atoms with van der Waals surface area (Å²) in [6, 6.07) is 8.17. The van der Waals surface area contributed by atoms with Crippen molar-refractivity contribution in [1.82, 2.24) is 0 Å². The maximum absolute atomic E-state index is 12.9. The minimum Gasteiger partial charge on any atom is -0.495 e. The van der Waals surface area contributed by atoms with Crippen LogP contribution >= 0.6 is 11.6 Å². The lowest BCUT2D eigenvalue weighted by Crippen LogP contribution is -2.32. The number of benzene rings is 2. The quantitative estimate of drug-likeness (QED) is 0.605. The van der Waals surface area contributed by atoms with Gasteiger partial charge < -0.3 is 9.64 Å². The fourth-order valence-electron chi connectivity index (χ4n) is 2.73. The number of ketones is 2. The highest BCUT2D eigenvalue weighted by molar-refractivity contribution is 6.55. The van der Waals surface area contributed by atoms with Crippen molar-refractivity contribution in [3.63, 3.8) is 0 Å². The van der Waals surface area contributed by atoms with Crippen molar-refractivity contribution >= 4 is 34.8 Å². The highest BCUT2D eigenvalue weighted by Gasteiger charge is 2.40. The molecule has 7 heteroatoms. The van der Waals surface area contributed by atoms with Crippen molar-refractivity contribution in [2.75, 3.05) is 18.6 Å². The van der Waals surface area contributed by atoms with Gasteiger partial charge >= 0.3 is 0 Å². The van der Waals surface area contributed by atoms with E-state index in [1.54, 1.807) is 6.07 Å². The Kier molecular flexibility index (Phi) is 4.55. The van der Waals surface area contributed by atoms with Gasteiger partial charge in [-0.15, -0.1) is 0 Å². The van der Waals surface area contributed by atoms with Gasteiger partial charge in [-0.1, -0.05) is 11.6 Å². The molecule has 1 aliphatic rings. The lowest BCUT2D eigenvalue weighted by Gasteiger charge is -2.18. The number of halogens is 2. The molecule has 0 saturated carbocycles. The summed E-state index contributed by atoms with van der Waals surface area (Å²) >= 11 is 6.04. The van der Waals surface area contributed by atoms with Gasteiger partial charge in [-0.3, -0.25) is 14.4 Å². The number of hydrogen-bond donors (Lipinski definition) is 0. The molecule has 0 spiro atoms. The largest absolute Gasteiger partial charge is 0.495 e. The van der Waals surface area contributed by atoms with Crippen molar-refractivity contribution in [2.45, 2.75) is 6.42 Å². The maximum Gasteiger partial charge on any atom is 0.299 e. The number of carbonyl (C=O) groups excluding carboxylic acids is 3. The van der Waals surface area contributed by atoms with Gasteiger partial charge in [0.15, 0.2) is 5.78 Å². The number of amides is 1. The lowest BCUT2D eigenvalue weighted by molar-refractivity contribution is -0.114. The third-order valence-corrected chi connectivity index (χ3v) is 4.29. The molecule has 128 valence electrons. The van der Waals surface area contributed by atoms with E-state index in [1.165, 1.54) is 42.3 Å². The molecule has 1 heterocycles. The molecular formula is C18H13ClFNO4. The van der Waals surface area contributed by atoms with Gasteiger partial charge in [-0.2, -0.15) is 0 Å². The van der Waals surface area contributed by atoms with Crippen molar-refractivity contribution in [3.05, 3.63) is 58.4 Å². The first-order valence-corrected chi connectivity index (χ1v) is 7.83. The average molecular weight is 362 g/mol. The predicted molar refractivity (Wildman–Crippen MR) is 90.0 cm³/mol. The normalized spacial score (nSPS) is 13.2. The third-order valence-electron chi connectivity index (χ3n) is 3.98. The van der Waals surface area contributed by atoms with Crippen LogP contribution in [0, 0.1) is 5.82 Å². The second kappa shape index (κ2) is 6.64. The first-order valence-electron chi connectivity index (χ1n) is 7.45. The van der Waals surface area contributed by atoms with Crippen molar-refractivity contribution in [1.29, 1.82) is 0 Å². The van der Waals surface area contributed by atoms with Crippen molar-refractivity contribution < 1.29 is 23.5 Å². The highest BCUT2D eigenvalue weighted by Crippen LogP contribution is 2.41. The van der Waals surface area contributed by atoms with E-state index in [9.17, 15) is 18.8 Å².